The van der Waals surface area contributed by atoms with Crippen LogP contribution in [0.5, 0.6) is 5.75 Å². The molecule has 2 N–H and O–H groups in total. The Morgan fingerprint density at radius 1 is 1.17 bits per heavy atom. The summed E-state index contributed by atoms with van der Waals surface area (Å²) in [5.41, 5.74) is 1.24. The Hall–Kier alpha value is -3.09. The molecule has 0 fully saturated rings. The van der Waals surface area contributed by atoms with Gasteiger partial charge in [0.05, 0.1) is 12.0 Å². The molecule has 0 bridgehead atoms. The summed E-state index contributed by atoms with van der Waals surface area (Å²) < 4.78 is 5.13. The molecular weight excluding hydrogens is 298 g/mol. The van der Waals surface area contributed by atoms with E-state index in [9.17, 15) is 14.9 Å². The van der Waals surface area contributed by atoms with Crippen LogP contribution in [0, 0.1) is 10.1 Å². The standard InChI is InChI=1S/C16H17N3O4/c1-11(17-13-4-3-5-15(10-13)23-2)16(20)18-12-6-8-14(9-7-12)19(21)22/h3-11,17H,1-2H3,(H,18,20). The zero-order chi connectivity index (χ0) is 16.8. The van der Waals surface area contributed by atoms with Crippen molar-refractivity contribution in [3.05, 3.63) is 58.6 Å². The predicted octanol–water partition coefficient (Wildman–Crippen LogP) is 3.04. The lowest BCUT2D eigenvalue weighted by Gasteiger charge is -2.15. The zero-order valence-corrected chi connectivity index (χ0v) is 12.8. The minimum absolute atomic E-state index is 0.0226. The van der Waals surface area contributed by atoms with E-state index in [1.807, 2.05) is 18.2 Å². The Labute approximate surface area is 133 Å². The first-order valence-corrected chi connectivity index (χ1v) is 6.95. The van der Waals surface area contributed by atoms with Gasteiger partial charge in [-0.15, -0.1) is 0 Å². The molecule has 7 nitrogen and oxygen atoms in total. The number of carbonyl (C=O) groups excluding carboxylic acids is 1. The fourth-order valence-electron chi connectivity index (χ4n) is 1.95. The number of hydrogen-bond acceptors (Lipinski definition) is 5. The van der Waals surface area contributed by atoms with Crippen molar-refractivity contribution in [2.45, 2.75) is 13.0 Å². The van der Waals surface area contributed by atoms with E-state index in [1.54, 1.807) is 20.1 Å². The maximum absolute atomic E-state index is 12.2. The second-order valence-corrected chi connectivity index (χ2v) is 4.89. The molecule has 0 aliphatic carbocycles. The monoisotopic (exact) mass is 315 g/mol. The van der Waals surface area contributed by atoms with E-state index >= 15 is 0 Å². The van der Waals surface area contributed by atoms with Crippen molar-refractivity contribution >= 4 is 23.0 Å². The average molecular weight is 315 g/mol. The van der Waals surface area contributed by atoms with E-state index in [2.05, 4.69) is 10.6 Å². The molecule has 0 saturated heterocycles. The molecule has 2 aromatic rings. The summed E-state index contributed by atoms with van der Waals surface area (Å²) in [5.74, 6) is 0.444. The lowest BCUT2D eigenvalue weighted by molar-refractivity contribution is -0.384. The number of nitrogens with one attached hydrogen (secondary N) is 2. The molecule has 2 rings (SSSR count). The number of amides is 1. The maximum atomic E-state index is 12.2. The van der Waals surface area contributed by atoms with Crippen LogP contribution in [0.15, 0.2) is 48.5 Å². The highest BCUT2D eigenvalue weighted by atomic mass is 16.6. The number of anilines is 2. The molecule has 1 unspecified atom stereocenters. The molecule has 0 radical (unpaired) electrons. The van der Waals surface area contributed by atoms with E-state index in [4.69, 9.17) is 4.74 Å². The van der Waals surface area contributed by atoms with E-state index in [0.717, 1.165) is 5.69 Å². The molecule has 7 heteroatoms. The molecule has 0 aliphatic heterocycles. The van der Waals surface area contributed by atoms with Crippen LogP contribution in [-0.2, 0) is 4.79 Å². The van der Waals surface area contributed by atoms with Crippen LogP contribution < -0.4 is 15.4 Å². The third kappa shape index (κ3) is 4.44. The summed E-state index contributed by atoms with van der Waals surface area (Å²) >= 11 is 0. The molecule has 0 saturated carbocycles. The van der Waals surface area contributed by atoms with E-state index in [1.165, 1.54) is 24.3 Å². The lowest BCUT2D eigenvalue weighted by Crippen LogP contribution is -2.31. The molecule has 1 amide bonds. The number of methoxy groups -OCH3 is 1. The van der Waals surface area contributed by atoms with Crippen LogP contribution >= 0.6 is 0 Å². The largest absolute Gasteiger partial charge is 0.497 e. The van der Waals surface area contributed by atoms with Gasteiger partial charge >= 0.3 is 0 Å². The molecule has 0 aliphatic rings. The van der Waals surface area contributed by atoms with Crippen molar-refractivity contribution in [2.75, 3.05) is 17.7 Å². The smallest absolute Gasteiger partial charge is 0.269 e. The Balaban J connectivity index is 1.97. The summed E-state index contributed by atoms with van der Waals surface area (Å²) in [5, 5.41) is 16.4. The van der Waals surface area contributed by atoms with Gasteiger partial charge in [-0.1, -0.05) is 6.07 Å². The summed E-state index contributed by atoms with van der Waals surface area (Å²) in [6.45, 7) is 1.72. The fraction of sp³-hybridized carbons (Fsp3) is 0.188. The summed E-state index contributed by atoms with van der Waals surface area (Å²) in [4.78, 5) is 22.3. The molecule has 120 valence electrons. The first-order valence-electron chi connectivity index (χ1n) is 6.95. The summed E-state index contributed by atoms with van der Waals surface area (Å²) in [7, 11) is 1.57. The molecule has 1 atom stereocenters. The third-order valence-corrected chi connectivity index (χ3v) is 3.19. The van der Waals surface area contributed by atoms with Crippen molar-refractivity contribution in [1.82, 2.24) is 0 Å². The Morgan fingerprint density at radius 2 is 1.87 bits per heavy atom. The number of nitrogens with zero attached hydrogens (tertiary/aromatic N) is 1. The summed E-state index contributed by atoms with van der Waals surface area (Å²) in [6.07, 6.45) is 0. The number of carbonyl (C=O) groups is 1. The predicted molar refractivity (Wildman–Crippen MR) is 87.8 cm³/mol. The van der Waals surface area contributed by atoms with Crippen molar-refractivity contribution < 1.29 is 14.5 Å². The van der Waals surface area contributed by atoms with Gasteiger partial charge in [-0.05, 0) is 31.2 Å². The highest BCUT2D eigenvalue weighted by molar-refractivity contribution is 5.96. The highest BCUT2D eigenvalue weighted by Gasteiger charge is 2.13. The second-order valence-electron chi connectivity index (χ2n) is 4.89. The number of non-ortho nitro benzene ring substituents is 1. The first-order chi connectivity index (χ1) is 11.0. The maximum Gasteiger partial charge on any atom is 0.269 e. The van der Waals surface area contributed by atoms with Crippen LogP contribution in [0.3, 0.4) is 0 Å². The minimum atomic E-state index is -0.489. The topological polar surface area (TPSA) is 93.5 Å². The number of benzene rings is 2. The van der Waals surface area contributed by atoms with Gasteiger partial charge in [0, 0.05) is 29.6 Å². The number of nitro benzene ring substituents is 1. The molecule has 23 heavy (non-hydrogen) atoms. The van der Waals surface area contributed by atoms with Gasteiger partial charge in [0.1, 0.15) is 11.8 Å². The van der Waals surface area contributed by atoms with Gasteiger partial charge in [0.25, 0.3) is 5.69 Å². The van der Waals surface area contributed by atoms with Gasteiger partial charge < -0.3 is 15.4 Å². The van der Waals surface area contributed by atoms with Gasteiger partial charge in [-0.2, -0.15) is 0 Å². The number of rotatable bonds is 6. The van der Waals surface area contributed by atoms with Crippen LogP contribution in [0.25, 0.3) is 0 Å². The van der Waals surface area contributed by atoms with Gasteiger partial charge in [0.2, 0.25) is 5.91 Å². The van der Waals surface area contributed by atoms with E-state index in [-0.39, 0.29) is 11.6 Å². The molecule has 2 aromatic carbocycles. The number of nitro groups is 1. The third-order valence-electron chi connectivity index (χ3n) is 3.19. The quantitative estimate of drug-likeness (QED) is 0.631. The van der Waals surface area contributed by atoms with Crippen molar-refractivity contribution in [3.63, 3.8) is 0 Å². The van der Waals surface area contributed by atoms with Crippen molar-refractivity contribution in [2.24, 2.45) is 0 Å². The zero-order valence-electron chi connectivity index (χ0n) is 12.8. The van der Waals surface area contributed by atoms with Crippen LogP contribution in [-0.4, -0.2) is 24.0 Å². The normalized spacial score (nSPS) is 11.4. The van der Waals surface area contributed by atoms with Gasteiger partial charge in [-0.3, -0.25) is 14.9 Å². The Bertz CT molecular complexity index is 701. The Morgan fingerprint density at radius 3 is 2.48 bits per heavy atom. The van der Waals surface area contributed by atoms with Crippen LogP contribution in [0.2, 0.25) is 0 Å². The lowest BCUT2D eigenvalue weighted by atomic mass is 10.2. The first kappa shape index (κ1) is 16.3. The number of ether oxygens (including phenoxy) is 1. The van der Waals surface area contributed by atoms with Gasteiger partial charge in [0.15, 0.2) is 0 Å². The van der Waals surface area contributed by atoms with E-state index < -0.39 is 11.0 Å². The summed E-state index contributed by atoms with van der Waals surface area (Å²) in [6, 6.07) is 12.4. The Kier molecular flexibility index (Phi) is 5.14. The minimum Gasteiger partial charge on any atom is -0.497 e. The molecular formula is C16H17N3O4. The van der Waals surface area contributed by atoms with Crippen LogP contribution in [0.1, 0.15) is 6.92 Å². The molecule has 0 heterocycles. The van der Waals surface area contributed by atoms with Gasteiger partial charge in [-0.25, -0.2) is 0 Å². The van der Waals surface area contributed by atoms with E-state index in [0.29, 0.717) is 11.4 Å². The second kappa shape index (κ2) is 7.26. The van der Waals surface area contributed by atoms with Crippen LogP contribution in [0.4, 0.5) is 17.1 Å². The van der Waals surface area contributed by atoms with Crippen molar-refractivity contribution in [1.29, 1.82) is 0 Å². The molecule has 0 spiro atoms. The average Bonchev–Trinajstić information content (AvgIpc) is 2.55. The number of hydrogen-bond donors (Lipinski definition) is 2. The highest BCUT2D eigenvalue weighted by Crippen LogP contribution is 2.18. The SMILES string of the molecule is COc1cccc(NC(C)C(=O)Nc2ccc([N+](=O)[O-])cc2)c1. The fourth-order valence-corrected chi connectivity index (χ4v) is 1.95. The van der Waals surface area contributed by atoms with Crippen molar-refractivity contribution in [3.8, 4) is 5.75 Å². The molecule has 0 aromatic heterocycles.